The molecule has 0 unspecified atom stereocenters. The number of hydrogen-bond acceptors (Lipinski definition) is 5. The lowest BCUT2D eigenvalue weighted by Gasteiger charge is -2.42. The van der Waals surface area contributed by atoms with Crippen LogP contribution in [0.1, 0.15) is 22.6 Å². The Bertz CT molecular complexity index is 1090. The topological polar surface area (TPSA) is 54.9 Å². The number of nitrogens with zero attached hydrogens (tertiary/aromatic N) is 3. The van der Waals surface area contributed by atoms with Crippen molar-refractivity contribution in [2.45, 2.75) is 24.6 Å². The van der Waals surface area contributed by atoms with Gasteiger partial charge in [0.05, 0.1) is 13.7 Å². The minimum absolute atomic E-state index is 0.0691. The number of rotatable bonds is 6. The zero-order valence-corrected chi connectivity index (χ0v) is 18.9. The molecule has 6 heteroatoms. The number of carbonyl (C=O) groups excluding carboxylic acids is 1. The third-order valence-corrected chi connectivity index (χ3v) is 6.68. The molecule has 1 aromatic heterocycles. The van der Waals surface area contributed by atoms with Crippen LogP contribution in [-0.4, -0.2) is 59.6 Å². The molecule has 3 heterocycles. The number of morpholine rings is 1. The second-order valence-corrected chi connectivity index (χ2v) is 8.81. The van der Waals surface area contributed by atoms with Crippen LogP contribution in [0.3, 0.4) is 0 Å². The van der Waals surface area contributed by atoms with E-state index in [1.54, 1.807) is 13.3 Å². The molecule has 0 radical (unpaired) electrons. The first kappa shape index (κ1) is 21.6. The Labute approximate surface area is 194 Å². The number of benzene rings is 2. The molecule has 6 nitrogen and oxygen atoms in total. The molecule has 170 valence electrons. The molecule has 3 aromatic rings. The van der Waals surface area contributed by atoms with Gasteiger partial charge in [0, 0.05) is 51.0 Å². The predicted octanol–water partition coefficient (Wildman–Crippen LogP) is 3.49. The average molecular weight is 444 g/mol. The molecule has 2 fully saturated rings. The molecular weight excluding hydrogens is 414 g/mol. The van der Waals surface area contributed by atoms with Crippen molar-refractivity contribution in [2.24, 2.45) is 0 Å². The molecule has 2 atom stereocenters. The molecule has 2 aliphatic rings. The van der Waals surface area contributed by atoms with Gasteiger partial charge in [0.1, 0.15) is 5.75 Å². The number of aromatic nitrogens is 1. The minimum Gasteiger partial charge on any atom is -0.497 e. The van der Waals surface area contributed by atoms with Gasteiger partial charge in [-0.05, 0) is 34.9 Å². The Morgan fingerprint density at radius 3 is 2.70 bits per heavy atom. The third-order valence-electron chi connectivity index (χ3n) is 6.68. The lowest BCUT2D eigenvalue weighted by Crippen LogP contribution is -2.59. The zero-order valence-electron chi connectivity index (χ0n) is 18.9. The van der Waals surface area contributed by atoms with E-state index in [4.69, 9.17) is 9.47 Å². The Morgan fingerprint density at radius 1 is 1.06 bits per heavy atom. The van der Waals surface area contributed by atoms with Crippen LogP contribution in [0.5, 0.6) is 5.75 Å². The number of hydrogen-bond donors (Lipinski definition) is 0. The van der Waals surface area contributed by atoms with Gasteiger partial charge in [0.15, 0.2) is 5.60 Å². The van der Waals surface area contributed by atoms with Crippen molar-refractivity contribution in [3.8, 4) is 5.75 Å². The van der Waals surface area contributed by atoms with E-state index in [2.05, 4.69) is 40.2 Å². The van der Waals surface area contributed by atoms with Crippen LogP contribution >= 0.6 is 0 Å². The van der Waals surface area contributed by atoms with E-state index in [0.717, 1.165) is 35.5 Å². The molecule has 5 rings (SSSR count). The fourth-order valence-corrected chi connectivity index (χ4v) is 5.11. The predicted molar refractivity (Wildman–Crippen MR) is 126 cm³/mol. The number of carbonyl (C=O) groups is 1. The first-order valence-electron chi connectivity index (χ1n) is 11.4. The van der Waals surface area contributed by atoms with Gasteiger partial charge in [0.2, 0.25) is 0 Å². The second kappa shape index (κ2) is 9.33. The van der Waals surface area contributed by atoms with Crippen LogP contribution in [0.25, 0.3) is 0 Å². The monoisotopic (exact) mass is 443 g/mol. The van der Waals surface area contributed by atoms with Crippen molar-refractivity contribution < 1.29 is 14.3 Å². The Hall–Kier alpha value is -3.22. The molecule has 0 bridgehead atoms. The van der Waals surface area contributed by atoms with Crippen molar-refractivity contribution in [2.75, 3.05) is 33.4 Å². The Morgan fingerprint density at radius 2 is 1.91 bits per heavy atom. The molecule has 1 spiro atoms. The molecule has 2 aromatic carbocycles. The first-order chi connectivity index (χ1) is 16.2. The number of ether oxygens (including phenoxy) is 2. The molecule has 2 aliphatic heterocycles. The van der Waals surface area contributed by atoms with E-state index >= 15 is 0 Å². The van der Waals surface area contributed by atoms with Gasteiger partial charge in [-0.25, -0.2) is 0 Å². The number of amides is 1. The van der Waals surface area contributed by atoms with Crippen molar-refractivity contribution in [3.05, 3.63) is 95.8 Å². The summed E-state index contributed by atoms with van der Waals surface area (Å²) in [7, 11) is 1.68. The maximum atomic E-state index is 14.0. The summed E-state index contributed by atoms with van der Waals surface area (Å²) in [6.45, 7) is 3.74. The van der Waals surface area contributed by atoms with Gasteiger partial charge in [0.25, 0.3) is 5.91 Å². The maximum absolute atomic E-state index is 14.0. The lowest BCUT2D eigenvalue weighted by atomic mass is 9.83. The largest absolute Gasteiger partial charge is 0.497 e. The summed E-state index contributed by atoms with van der Waals surface area (Å²) < 4.78 is 11.8. The number of pyridine rings is 1. The van der Waals surface area contributed by atoms with E-state index in [1.165, 1.54) is 0 Å². The van der Waals surface area contributed by atoms with E-state index < -0.39 is 5.60 Å². The maximum Gasteiger partial charge on any atom is 0.257 e. The summed E-state index contributed by atoms with van der Waals surface area (Å²) in [5.41, 5.74) is 2.42. The molecular formula is C27H29N3O3. The van der Waals surface area contributed by atoms with Gasteiger partial charge in [-0.3, -0.25) is 14.7 Å². The van der Waals surface area contributed by atoms with E-state index in [9.17, 15) is 4.79 Å². The van der Waals surface area contributed by atoms with Crippen LogP contribution in [0, 0.1) is 0 Å². The van der Waals surface area contributed by atoms with Gasteiger partial charge in [-0.2, -0.15) is 0 Å². The van der Waals surface area contributed by atoms with Crippen molar-refractivity contribution >= 4 is 5.91 Å². The normalized spacial score (nSPS) is 23.2. The van der Waals surface area contributed by atoms with E-state index in [0.29, 0.717) is 26.2 Å². The summed E-state index contributed by atoms with van der Waals surface area (Å²) in [6.07, 6.45) is 3.64. The fourth-order valence-electron chi connectivity index (χ4n) is 5.11. The molecule has 0 saturated carbocycles. The second-order valence-electron chi connectivity index (χ2n) is 8.81. The third kappa shape index (κ3) is 4.36. The molecule has 0 aliphatic carbocycles. The quantitative estimate of drug-likeness (QED) is 0.584. The van der Waals surface area contributed by atoms with Crippen LogP contribution in [0.4, 0.5) is 0 Å². The van der Waals surface area contributed by atoms with E-state index in [1.807, 2.05) is 47.5 Å². The van der Waals surface area contributed by atoms with Gasteiger partial charge in [-0.15, -0.1) is 0 Å². The summed E-state index contributed by atoms with van der Waals surface area (Å²) in [4.78, 5) is 22.6. The minimum atomic E-state index is -0.908. The van der Waals surface area contributed by atoms with Gasteiger partial charge >= 0.3 is 0 Å². The van der Waals surface area contributed by atoms with Crippen molar-refractivity contribution in [3.63, 3.8) is 0 Å². The molecule has 33 heavy (non-hydrogen) atoms. The van der Waals surface area contributed by atoms with Gasteiger partial charge < -0.3 is 14.4 Å². The highest BCUT2D eigenvalue weighted by Gasteiger charge is 2.56. The summed E-state index contributed by atoms with van der Waals surface area (Å²) in [6, 6.07) is 22.2. The number of likely N-dealkylation sites (tertiary alicyclic amines) is 1. The fraction of sp³-hybridized carbons (Fsp3) is 0.333. The highest BCUT2D eigenvalue weighted by atomic mass is 16.5. The SMILES string of the molecule is COc1cccc(CN2C[C@@H](c3cccnc3)[C@@]3(C2)OCCN(Cc2ccccc2)C3=O)c1. The Kier molecular flexibility index (Phi) is 6.11. The Balaban J connectivity index is 1.44. The summed E-state index contributed by atoms with van der Waals surface area (Å²) >= 11 is 0. The van der Waals surface area contributed by atoms with Crippen LogP contribution < -0.4 is 4.74 Å². The van der Waals surface area contributed by atoms with Crippen LogP contribution in [0.2, 0.25) is 0 Å². The summed E-state index contributed by atoms with van der Waals surface area (Å²) in [5.74, 6) is 0.826. The molecule has 2 saturated heterocycles. The molecule has 1 amide bonds. The standard InChI is InChI=1S/C27H29N3O3/c1-32-24-11-5-9-22(15-24)17-29-19-25(23-10-6-12-28-16-23)27(20-29)26(31)30(13-14-33-27)18-21-7-3-2-4-8-21/h2-12,15-16,25H,13-14,17-20H2,1H3/t25-,27+/m0/s1. The first-order valence-corrected chi connectivity index (χ1v) is 11.4. The number of methoxy groups -OCH3 is 1. The zero-order chi connectivity index (χ0) is 22.7. The lowest BCUT2D eigenvalue weighted by molar-refractivity contribution is -0.173. The van der Waals surface area contributed by atoms with E-state index in [-0.39, 0.29) is 11.8 Å². The van der Waals surface area contributed by atoms with Crippen molar-refractivity contribution in [1.29, 1.82) is 0 Å². The highest BCUT2D eigenvalue weighted by Crippen LogP contribution is 2.42. The smallest absolute Gasteiger partial charge is 0.257 e. The summed E-state index contributed by atoms with van der Waals surface area (Å²) in [5, 5.41) is 0. The highest BCUT2D eigenvalue weighted by molar-refractivity contribution is 5.88. The van der Waals surface area contributed by atoms with Gasteiger partial charge in [-0.1, -0.05) is 48.5 Å². The van der Waals surface area contributed by atoms with Crippen LogP contribution in [0.15, 0.2) is 79.1 Å². The van der Waals surface area contributed by atoms with Crippen LogP contribution in [-0.2, 0) is 22.6 Å². The average Bonchev–Trinajstić information content (AvgIpc) is 3.22. The van der Waals surface area contributed by atoms with Crippen molar-refractivity contribution in [1.82, 2.24) is 14.8 Å². The molecule has 0 N–H and O–H groups in total.